The molecule has 102 valence electrons. The number of halogens is 3. The summed E-state index contributed by atoms with van der Waals surface area (Å²) in [6, 6.07) is 0. The first-order valence-electron chi connectivity index (χ1n) is 5.79. The largest absolute Gasteiger partial charge is 0.445 e. The Morgan fingerprint density at radius 1 is 1.28 bits per heavy atom. The average molecular weight is 281 g/mol. The van der Waals surface area contributed by atoms with E-state index in [1.807, 2.05) is 0 Å². The Morgan fingerprint density at radius 2 is 2.00 bits per heavy atom. The van der Waals surface area contributed by atoms with Crippen LogP contribution in [0.5, 0.6) is 0 Å². The molecular weight excluding hydrogens is 267 g/mol. The maximum Gasteiger partial charge on any atom is 0.445 e. The molecule has 1 heterocycles. The lowest BCUT2D eigenvalue weighted by molar-refractivity contribution is -0.138. The molecule has 0 amide bonds. The van der Waals surface area contributed by atoms with Gasteiger partial charge in [0.25, 0.3) is 0 Å². The number of aromatic nitrogens is 2. The summed E-state index contributed by atoms with van der Waals surface area (Å²) in [5.74, 6) is 0.0805. The van der Waals surface area contributed by atoms with Crippen LogP contribution >= 0.6 is 11.3 Å². The van der Waals surface area contributed by atoms with E-state index in [1.54, 1.807) is 0 Å². The quantitative estimate of drug-likeness (QED) is 0.894. The van der Waals surface area contributed by atoms with Crippen LogP contribution in [-0.2, 0) is 6.18 Å². The van der Waals surface area contributed by atoms with Gasteiger partial charge in [0, 0.05) is 12.5 Å². The van der Waals surface area contributed by atoms with Crippen molar-refractivity contribution in [3.8, 4) is 0 Å². The highest BCUT2D eigenvalue weighted by atomic mass is 32.1. The Labute approximate surface area is 106 Å². The fraction of sp³-hybridized carbons (Fsp3) is 0.800. The lowest BCUT2D eigenvalue weighted by atomic mass is 9.86. The summed E-state index contributed by atoms with van der Waals surface area (Å²) in [4.78, 5) is 0. The predicted octanol–water partition coefficient (Wildman–Crippen LogP) is 2.52. The van der Waals surface area contributed by atoms with Crippen molar-refractivity contribution in [3.05, 3.63) is 5.01 Å². The van der Waals surface area contributed by atoms with Gasteiger partial charge in [-0.1, -0.05) is 24.2 Å². The normalized spacial score (nSPS) is 25.1. The molecule has 1 aliphatic rings. The molecule has 0 saturated heterocycles. The van der Waals surface area contributed by atoms with Crippen LogP contribution in [-0.4, -0.2) is 28.0 Å². The highest BCUT2D eigenvalue weighted by Gasteiger charge is 2.35. The molecule has 4 nitrogen and oxygen atoms in total. The van der Waals surface area contributed by atoms with Crippen molar-refractivity contribution in [3.63, 3.8) is 0 Å². The van der Waals surface area contributed by atoms with E-state index in [0.29, 0.717) is 17.9 Å². The molecule has 0 aromatic carbocycles. The summed E-state index contributed by atoms with van der Waals surface area (Å²) in [5, 5.41) is 18.3. The van der Waals surface area contributed by atoms with E-state index in [0.717, 1.165) is 25.7 Å². The van der Waals surface area contributed by atoms with Gasteiger partial charge in [-0.3, -0.25) is 0 Å². The second kappa shape index (κ2) is 5.40. The van der Waals surface area contributed by atoms with Crippen molar-refractivity contribution < 1.29 is 18.3 Å². The van der Waals surface area contributed by atoms with E-state index in [-0.39, 0.29) is 17.2 Å². The Bertz CT molecular complexity index is 396. The Balaban J connectivity index is 1.88. The van der Waals surface area contributed by atoms with Gasteiger partial charge < -0.3 is 10.4 Å². The van der Waals surface area contributed by atoms with Crippen molar-refractivity contribution in [2.45, 2.75) is 38.0 Å². The van der Waals surface area contributed by atoms with E-state index in [9.17, 15) is 18.3 Å². The van der Waals surface area contributed by atoms with Crippen LogP contribution in [0.25, 0.3) is 0 Å². The van der Waals surface area contributed by atoms with E-state index in [2.05, 4.69) is 15.5 Å². The third-order valence-corrected chi connectivity index (χ3v) is 3.98. The summed E-state index contributed by atoms with van der Waals surface area (Å²) < 4.78 is 36.9. The molecule has 18 heavy (non-hydrogen) atoms. The zero-order chi connectivity index (χ0) is 13.2. The Morgan fingerprint density at radius 3 is 2.61 bits per heavy atom. The molecule has 0 radical (unpaired) electrons. The molecule has 2 unspecified atom stereocenters. The summed E-state index contributed by atoms with van der Waals surface area (Å²) in [7, 11) is 0. The van der Waals surface area contributed by atoms with Crippen molar-refractivity contribution in [2.24, 2.45) is 5.92 Å². The Hall–Kier alpha value is -0.890. The van der Waals surface area contributed by atoms with Crippen molar-refractivity contribution in [1.82, 2.24) is 10.2 Å². The first-order valence-corrected chi connectivity index (χ1v) is 6.61. The van der Waals surface area contributed by atoms with Gasteiger partial charge in [-0.15, -0.1) is 10.2 Å². The van der Waals surface area contributed by atoms with Crippen LogP contribution in [0.4, 0.5) is 18.3 Å². The first-order chi connectivity index (χ1) is 8.47. The molecule has 0 bridgehead atoms. The van der Waals surface area contributed by atoms with Gasteiger partial charge in [0.2, 0.25) is 10.1 Å². The number of aliphatic hydroxyl groups is 1. The molecule has 2 atom stereocenters. The highest BCUT2D eigenvalue weighted by molar-refractivity contribution is 7.15. The summed E-state index contributed by atoms with van der Waals surface area (Å²) in [6.45, 7) is 0.438. The molecule has 0 aliphatic heterocycles. The topological polar surface area (TPSA) is 58.0 Å². The minimum atomic E-state index is -4.44. The first kappa shape index (κ1) is 13.5. The van der Waals surface area contributed by atoms with E-state index >= 15 is 0 Å². The van der Waals surface area contributed by atoms with Gasteiger partial charge in [-0.05, 0) is 12.8 Å². The van der Waals surface area contributed by atoms with Crippen LogP contribution in [0.15, 0.2) is 0 Å². The molecule has 1 saturated carbocycles. The van der Waals surface area contributed by atoms with Gasteiger partial charge in [-0.25, -0.2) is 0 Å². The van der Waals surface area contributed by atoms with E-state index < -0.39 is 11.2 Å². The maximum absolute atomic E-state index is 12.3. The number of alkyl halides is 3. The van der Waals surface area contributed by atoms with E-state index in [1.165, 1.54) is 0 Å². The van der Waals surface area contributed by atoms with Crippen LogP contribution in [0.2, 0.25) is 0 Å². The summed E-state index contributed by atoms with van der Waals surface area (Å²) in [5.41, 5.74) is 0. The fourth-order valence-electron chi connectivity index (χ4n) is 2.05. The average Bonchev–Trinajstić information content (AvgIpc) is 2.76. The highest BCUT2D eigenvalue weighted by Crippen LogP contribution is 2.33. The maximum atomic E-state index is 12.3. The number of hydrogen-bond acceptors (Lipinski definition) is 5. The van der Waals surface area contributed by atoms with Crippen molar-refractivity contribution in [1.29, 1.82) is 0 Å². The number of hydrogen-bond donors (Lipinski definition) is 2. The fourth-order valence-corrected chi connectivity index (χ4v) is 2.67. The van der Waals surface area contributed by atoms with Gasteiger partial charge >= 0.3 is 6.18 Å². The standard InChI is InChI=1S/C10H14F3N3OS/c11-10(12,13)8-15-16-9(18-8)14-5-6-3-1-2-4-7(6)17/h6-7,17H,1-5H2,(H,14,16). The smallest absolute Gasteiger partial charge is 0.393 e. The molecule has 0 spiro atoms. The number of aliphatic hydroxyl groups excluding tert-OH is 1. The third-order valence-electron chi connectivity index (χ3n) is 3.05. The lowest BCUT2D eigenvalue weighted by Crippen LogP contribution is -2.30. The third kappa shape index (κ3) is 3.32. The van der Waals surface area contributed by atoms with Crippen LogP contribution < -0.4 is 5.32 Å². The second-order valence-corrected chi connectivity index (χ2v) is 5.38. The van der Waals surface area contributed by atoms with Crippen LogP contribution in [0, 0.1) is 5.92 Å². The molecule has 1 aliphatic carbocycles. The zero-order valence-corrected chi connectivity index (χ0v) is 10.4. The predicted molar refractivity (Wildman–Crippen MR) is 61.4 cm³/mol. The SMILES string of the molecule is OC1CCCCC1CNc1nnc(C(F)(F)F)s1. The monoisotopic (exact) mass is 281 g/mol. The molecule has 8 heteroatoms. The van der Waals surface area contributed by atoms with Crippen molar-refractivity contribution in [2.75, 3.05) is 11.9 Å². The van der Waals surface area contributed by atoms with Crippen LogP contribution in [0.1, 0.15) is 30.7 Å². The Kier molecular flexibility index (Phi) is 4.06. The van der Waals surface area contributed by atoms with Gasteiger partial charge in [0.1, 0.15) is 0 Å². The molecule has 1 aromatic heterocycles. The van der Waals surface area contributed by atoms with E-state index in [4.69, 9.17) is 0 Å². The number of anilines is 1. The van der Waals surface area contributed by atoms with Gasteiger partial charge in [0.15, 0.2) is 0 Å². The lowest BCUT2D eigenvalue weighted by Gasteiger charge is -2.27. The molecule has 2 rings (SSSR count). The molecule has 1 fully saturated rings. The summed E-state index contributed by atoms with van der Waals surface area (Å²) in [6.07, 6.45) is -1.11. The molecule has 2 N–H and O–H groups in total. The molecular formula is C10H14F3N3OS. The number of nitrogens with one attached hydrogen (secondary N) is 1. The zero-order valence-electron chi connectivity index (χ0n) is 9.57. The van der Waals surface area contributed by atoms with Crippen LogP contribution in [0.3, 0.4) is 0 Å². The molecule has 1 aromatic rings. The van der Waals surface area contributed by atoms with Gasteiger partial charge in [-0.2, -0.15) is 13.2 Å². The van der Waals surface area contributed by atoms with Gasteiger partial charge in [0.05, 0.1) is 6.10 Å². The minimum absolute atomic E-state index is 0.0805. The summed E-state index contributed by atoms with van der Waals surface area (Å²) >= 11 is 0.490. The number of nitrogens with zero attached hydrogens (tertiary/aromatic N) is 2. The second-order valence-electron chi connectivity index (χ2n) is 4.40. The van der Waals surface area contributed by atoms with Crippen molar-refractivity contribution >= 4 is 16.5 Å². The number of rotatable bonds is 3. The minimum Gasteiger partial charge on any atom is -0.393 e.